The lowest BCUT2D eigenvalue weighted by Crippen LogP contribution is -2.04. The molecule has 0 fully saturated rings. The zero-order valence-corrected chi connectivity index (χ0v) is 17.7. The van der Waals surface area contributed by atoms with Crippen molar-refractivity contribution in [3.8, 4) is 22.3 Å². The minimum absolute atomic E-state index is 0.0640. The van der Waals surface area contributed by atoms with Crippen molar-refractivity contribution >= 4 is 5.97 Å². The van der Waals surface area contributed by atoms with Gasteiger partial charge >= 0.3 is 5.97 Å². The number of carbonyl (C=O) groups is 1. The molecule has 3 rings (SSSR count). The summed E-state index contributed by atoms with van der Waals surface area (Å²) in [7, 11) is 0. The first-order valence-corrected chi connectivity index (χ1v) is 9.77. The standard InChI is InChI=1S/C27H21F3O2/c1-16(2)24(28)15-18(4)32-27(31)21-11-9-20(10-12-21)23-14-13-22(25(29)26(23)30)19-7-5-17(3)6-8-19/h5-15H,1,4H2,2-3H3/b24-15+. The summed E-state index contributed by atoms with van der Waals surface area (Å²) in [5.74, 6) is -3.51. The lowest BCUT2D eigenvalue weighted by Gasteiger charge is -2.10. The van der Waals surface area contributed by atoms with Crippen molar-refractivity contribution in [2.45, 2.75) is 13.8 Å². The molecule has 0 aliphatic heterocycles. The van der Waals surface area contributed by atoms with E-state index in [2.05, 4.69) is 13.2 Å². The Morgan fingerprint density at radius 2 is 1.31 bits per heavy atom. The molecule has 0 bridgehead atoms. The summed E-state index contributed by atoms with van der Waals surface area (Å²) in [4.78, 5) is 12.2. The molecule has 0 aromatic heterocycles. The van der Waals surface area contributed by atoms with Crippen LogP contribution in [-0.2, 0) is 4.74 Å². The molecule has 0 spiro atoms. The zero-order valence-electron chi connectivity index (χ0n) is 17.7. The van der Waals surface area contributed by atoms with E-state index >= 15 is 0 Å². The van der Waals surface area contributed by atoms with Gasteiger partial charge in [0, 0.05) is 17.2 Å². The van der Waals surface area contributed by atoms with Gasteiger partial charge in [-0.25, -0.2) is 18.0 Å². The average Bonchev–Trinajstić information content (AvgIpc) is 2.76. The van der Waals surface area contributed by atoms with Crippen LogP contribution in [0.15, 0.2) is 97.1 Å². The van der Waals surface area contributed by atoms with Crippen molar-refractivity contribution < 1.29 is 22.7 Å². The van der Waals surface area contributed by atoms with E-state index < -0.39 is 23.4 Å². The van der Waals surface area contributed by atoms with E-state index in [0.717, 1.165) is 11.6 Å². The Hall–Kier alpha value is -3.86. The van der Waals surface area contributed by atoms with Gasteiger partial charge in [-0.15, -0.1) is 0 Å². The maximum Gasteiger partial charge on any atom is 0.343 e. The van der Waals surface area contributed by atoms with Gasteiger partial charge in [-0.2, -0.15) is 0 Å². The second kappa shape index (κ2) is 9.52. The first kappa shape index (κ1) is 22.8. The van der Waals surface area contributed by atoms with Crippen LogP contribution in [0.1, 0.15) is 22.8 Å². The van der Waals surface area contributed by atoms with Crippen LogP contribution in [0.2, 0.25) is 0 Å². The number of hydrogen-bond donors (Lipinski definition) is 0. The summed E-state index contributed by atoms with van der Waals surface area (Å²) in [6.07, 6.45) is 0.961. The predicted molar refractivity (Wildman–Crippen MR) is 121 cm³/mol. The maximum absolute atomic E-state index is 14.8. The quantitative estimate of drug-likeness (QED) is 0.226. The van der Waals surface area contributed by atoms with Crippen LogP contribution in [-0.4, -0.2) is 5.97 Å². The van der Waals surface area contributed by atoms with Gasteiger partial charge in [0.05, 0.1) is 5.56 Å². The summed E-state index contributed by atoms with van der Waals surface area (Å²) < 4.78 is 48.1. The Labute approximate surface area is 185 Å². The number of halogens is 3. The number of hydrogen-bond acceptors (Lipinski definition) is 2. The number of allylic oxidation sites excluding steroid dienone is 3. The van der Waals surface area contributed by atoms with Gasteiger partial charge in [-0.05, 0) is 42.7 Å². The van der Waals surface area contributed by atoms with Crippen LogP contribution in [0.5, 0.6) is 0 Å². The summed E-state index contributed by atoms with van der Waals surface area (Å²) in [5.41, 5.74) is 2.54. The van der Waals surface area contributed by atoms with Gasteiger partial charge in [-0.3, -0.25) is 0 Å². The fourth-order valence-electron chi connectivity index (χ4n) is 2.99. The smallest absolute Gasteiger partial charge is 0.343 e. The minimum Gasteiger partial charge on any atom is -0.423 e. The van der Waals surface area contributed by atoms with Crippen molar-refractivity contribution in [2.75, 3.05) is 0 Å². The summed E-state index contributed by atoms with van der Waals surface area (Å²) in [6, 6.07) is 15.9. The number of ether oxygens (including phenoxy) is 1. The fraction of sp³-hybridized carbons (Fsp3) is 0.0741. The first-order valence-electron chi connectivity index (χ1n) is 9.77. The Kier molecular flexibility index (Phi) is 6.79. The SMILES string of the molecule is C=C(/C=C(/F)C(=C)C)OC(=O)c1ccc(-c2ccc(-c3ccc(C)cc3)c(F)c2F)cc1. The molecule has 2 nitrogen and oxygen atoms in total. The molecule has 0 saturated heterocycles. The molecule has 0 radical (unpaired) electrons. The molecule has 0 aliphatic carbocycles. The van der Waals surface area contributed by atoms with Crippen LogP contribution >= 0.6 is 0 Å². The molecule has 0 amide bonds. The van der Waals surface area contributed by atoms with E-state index in [1.165, 1.54) is 43.3 Å². The molecule has 3 aromatic carbocycles. The number of rotatable bonds is 6. The van der Waals surface area contributed by atoms with Crippen LogP contribution < -0.4 is 0 Å². The molecule has 5 heteroatoms. The fourth-order valence-corrected chi connectivity index (χ4v) is 2.99. The highest BCUT2D eigenvalue weighted by atomic mass is 19.2. The van der Waals surface area contributed by atoms with E-state index in [1.54, 1.807) is 12.1 Å². The van der Waals surface area contributed by atoms with Gasteiger partial charge in [-0.1, -0.05) is 67.3 Å². The van der Waals surface area contributed by atoms with Crippen molar-refractivity contribution in [3.05, 3.63) is 120 Å². The van der Waals surface area contributed by atoms with Crippen LogP contribution in [0.4, 0.5) is 13.2 Å². The molecular formula is C27H21F3O2. The third-order valence-corrected chi connectivity index (χ3v) is 4.80. The number of carbonyl (C=O) groups excluding carboxylic acids is 1. The predicted octanol–water partition coefficient (Wildman–Crippen LogP) is 7.71. The van der Waals surface area contributed by atoms with E-state index in [0.29, 0.717) is 11.1 Å². The Balaban J connectivity index is 1.81. The van der Waals surface area contributed by atoms with Gasteiger partial charge < -0.3 is 4.74 Å². The Morgan fingerprint density at radius 3 is 1.78 bits per heavy atom. The van der Waals surface area contributed by atoms with Crippen molar-refractivity contribution in [3.63, 3.8) is 0 Å². The summed E-state index contributed by atoms with van der Waals surface area (Å²) in [5, 5.41) is 0. The van der Waals surface area contributed by atoms with Gasteiger partial charge in [0.2, 0.25) is 0 Å². The summed E-state index contributed by atoms with van der Waals surface area (Å²) >= 11 is 0. The van der Waals surface area contributed by atoms with E-state index in [-0.39, 0.29) is 28.0 Å². The average molecular weight is 434 g/mol. The molecule has 0 N–H and O–H groups in total. The number of esters is 1. The van der Waals surface area contributed by atoms with Crippen LogP contribution in [0.3, 0.4) is 0 Å². The van der Waals surface area contributed by atoms with Gasteiger partial charge in [0.1, 0.15) is 11.6 Å². The van der Waals surface area contributed by atoms with Gasteiger partial charge in [0.15, 0.2) is 11.6 Å². The Bertz CT molecular complexity index is 1220. The molecule has 0 aliphatic rings. The second-order valence-electron chi connectivity index (χ2n) is 7.36. The molecule has 162 valence electrons. The van der Waals surface area contributed by atoms with E-state index in [4.69, 9.17) is 4.74 Å². The third-order valence-electron chi connectivity index (χ3n) is 4.80. The van der Waals surface area contributed by atoms with Gasteiger partial charge in [0.25, 0.3) is 0 Å². The highest BCUT2D eigenvalue weighted by Crippen LogP contribution is 2.31. The lowest BCUT2D eigenvalue weighted by atomic mass is 9.98. The molecule has 0 heterocycles. The Morgan fingerprint density at radius 1 is 0.844 bits per heavy atom. The highest BCUT2D eigenvalue weighted by Gasteiger charge is 2.17. The molecule has 0 atom stereocenters. The van der Waals surface area contributed by atoms with E-state index in [1.807, 2.05) is 19.1 Å². The zero-order chi connectivity index (χ0) is 23.4. The normalized spacial score (nSPS) is 11.2. The first-order chi connectivity index (χ1) is 15.2. The molecule has 0 unspecified atom stereocenters. The minimum atomic E-state index is -0.979. The van der Waals surface area contributed by atoms with Crippen molar-refractivity contribution in [1.29, 1.82) is 0 Å². The molecule has 32 heavy (non-hydrogen) atoms. The third kappa shape index (κ3) is 5.06. The molecule has 0 saturated carbocycles. The molecule has 3 aromatic rings. The van der Waals surface area contributed by atoms with Crippen molar-refractivity contribution in [1.82, 2.24) is 0 Å². The largest absolute Gasteiger partial charge is 0.423 e. The monoisotopic (exact) mass is 434 g/mol. The lowest BCUT2D eigenvalue weighted by molar-refractivity contribution is 0.0638. The highest BCUT2D eigenvalue weighted by molar-refractivity contribution is 5.91. The number of aryl methyl sites for hydroxylation is 1. The van der Waals surface area contributed by atoms with Crippen LogP contribution in [0.25, 0.3) is 22.3 Å². The second-order valence-corrected chi connectivity index (χ2v) is 7.36. The topological polar surface area (TPSA) is 26.3 Å². The van der Waals surface area contributed by atoms with Crippen LogP contribution in [0, 0.1) is 18.6 Å². The number of benzene rings is 3. The van der Waals surface area contributed by atoms with E-state index in [9.17, 15) is 18.0 Å². The van der Waals surface area contributed by atoms with Crippen molar-refractivity contribution in [2.24, 2.45) is 0 Å². The molecular weight excluding hydrogens is 413 g/mol. The maximum atomic E-state index is 14.8. The summed E-state index contributed by atoms with van der Waals surface area (Å²) in [6.45, 7) is 10.3.